The molecule has 1 N–H and O–H groups in total. The van der Waals surface area contributed by atoms with Crippen molar-refractivity contribution in [3.63, 3.8) is 0 Å². The second kappa shape index (κ2) is 9.26. The van der Waals surface area contributed by atoms with Gasteiger partial charge in [0.05, 0.1) is 12.8 Å². The minimum atomic E-state index is -0.352. The van der Waals surface area contributed by atoms with Crippen molar-refractivity contribution in [3.05, 3.63) is 75.7 Å². The van der Waals surface area contributed by atoms with E-state index in [0.717, 1.165) is 27.5 Å². The Kier molecular flexibility index (Phi) is 6.73. The summed E-state index contributed by atoms with van der Waals surface area (Å²) in [5.74, 6) is 2.02. The molecule has 3 aromatic rings. The van der Waals surface area contributed by atoms with Crippen LogP contribution in [-0.2, 0) is 6.61 Å². The predicted molar refractivity (Wildman–Crippen MR) is 119 cm³/mol. The van der Waals surface area contributed by atoms with Gasteiger partial charge in [0.1, 0.15) is 23.9 Å². The second-order valence-corrected chi connectivity index (χ2v) is 7.91. The number of nitrogens with one attached hydrogen (secondary N) is 1. The summed E-state index contributed by atoms with van der Waals surface area (Å²) in [5, 5.41) is 3.55. The molecule has 158 valence electrons. The molecule has 0 fully saturated rings. The first kappa shape index (κ1) is 21.8. The van der Waals surface area contributed by atoms with Gasteiger partial charge < -0.3 is 19.2 Å². The smallest absolute Gasteiger partial charge is 0.291 e. The number of rotatable bonds is 7. The van der Waals surface area contributed by atoms with E-state index < -0.39 is 0 Å². The third-order valence-corrected chi connectivity index (χ3v) is 5.18. The molecule has 0 radical (unpaired) electrons. The number of ether oxygens (including phenoxy) is 2. The van der Waals surface area contributed by atoms with Crippen LogP contribution in [0, 0.1) is 13.8 Å². The molecule has 0 aliphatic carbocycles. The number of amides is 1. The summed E-state index contributed by atoms with van der Waals surface area (Å²) in [7, 11) is 1.56. The summed E-state index contributed by atoms with van der Waals surface area (Å²) in [6.45, 7) is 8.27. The molecule has 0 saturated heterocycles. The van der Waals surface area contributed by atoms with E-state index in [0.29, 0.717) is 17.2 Å². The van der Waals surface area contributed by atoms with Crippen LogP contribution in [0.15, 0.2) is 46.9 Å². The average Bonchev–Trinajstić information content (AvgIpc) is 3.18. The molecule has 6 heteroatoms. The Labute approximate surface area is 182 Å². The van der Waals surface area contributed by atoms with Crippen LogP contribution in [0.5, 0.6) is 11.5 Å². The molecular weight excluding hydrogens is 402 g/mol. The molecule has 1 aromatic heterocycles. The highest BCUT2D eigenvalue weighted by Gasteiger charge is 2.16. The Bertz CT molecular complexity index is 1060. The number of methoxy groups -OCH3 is 1. The van der Waals surface area contributed by atoms with Crippen molar-refractivity contribution in [2.24, 2.45) is 0 Å². The quantitative estimate of drug-likeness (QED) is 0.466. The van der Waals surface area contributed by atoms with Crippen LogP contribution in [0.2, 0.25) is 5.02 Å². The third-order valence-electron chi connectivity index (χ3n) is 4.77. The lowest BCUT2D eigenvalue weighted by molar-refractivity contribution is 0.0992. The number of benzene rings is 2. The topological polar surface area (TPSA) is 60.7 Å². The lowest BCUT2D eigenvalue weighted by Gasteiger charge is -2.15. The molecule has 0 bridgehead atoms. The van der Waals surface area contributed by atoms with Crippen molar-refractivity contribution < 1.29 is 18.7 Å². The van der Waals surface area contributed by atoms with Gasteiger partial charge in [-0.2, -0.15) is 0 Å². The van der Waals surface area contributed by atoms with E-state index in [9.17, 15) is 4.79 Å². The first-order valence-electron chi connectivity index (χ1n) is 9.76. The molecule has 2 aromatic carbocycles. The minimum Gasteiger partial charge on any atom is -0.495 e. The van der Waals surface area contributed by atoms with E-state index in [4.69, 9.17) is 25.5 Å². The van der Waals surface area contributed by atoms with E-state index in [-0.39, 0.29) is 24.2 Å². The number of hydrogen-bond acceptors (Lipinski definition) is 4. The zero-order valence-corrected chi connectivity index (χ0v) is 18.6. The summed E-state index contributed by atoms with van der Waals surface area (Å²) < 4.78 is 17.0. The van der Waals surface area contributed by atoms with Crippen molar-refractivity contribution in [3.8, 4) is 11.5 Å². The first-order chi connectivity index (χ1) is 14.3. The van der Waals surface area contributed by atoms with Crippen molar-refractivity contribution in [1.82, 2.24) is 0 Å². The monoisotopic (exact) mass is 427 g/mol. The molecule has 0 aliphatic heterocycles. The highest BCUT2D eigenvalue weighted by Crippen LogP contribution is 2.32. The molecule has 1 heterocycles. The van der Waals surface area contributed by atoms with Crippen LogP contribution in [0.25, 0.3) is 0 Å². The predicted octanol–water partition coefficient (Wildman–Crippen LogP) is 6.51. The van der Waals surface area contributed by atoms with Crippen LogP contribution >= 0.6 is 11.6 Å². The average molecular weight is 428 g/mol. The molecule has 0 saturated carbocycles. The van der Waals surface area contributed by atoms with E-state index in [1.165, 1.54) is 0 Å². The van der Waals surface area contributed by atoms with E-state index in [2.05, 4.69) is 19.2 Å². The van der Waals surface area contributed by atoms with Crippen molar-refractivity contribution >= 4 is 23.2 Å². The normalized spacial score (nSPS) is 10.9. The van der Waals surface area contributed by atoms with Gasteiger partial charge in [0.15, 0.2) is 5.76 Å². The van der Waals surface area contributed by atoms with Gasteiger partial charge in [-0.3, -0.25) is 4.79 Å². The standard InChI is InChI=1S/C24H26ClNO4/c1-14(2)18-12-19(25)16(4)11-23(18)29-13-17-7-9-22(30-17)24(27)26-20-10-15(3)6-8-21(20)28-5/h6-12,14H,13H2,1-5H3,(H,26,27). The minimum absolute atomic E-state index is 0.202. The molecule has 0 unspecified atom stereocenters. The van der Waals surface area contributed by atoms with Gasteiger partial charge in [0.2, 0.25) is 0 Å². The number of carbonyl (C=O) groups excluding carboxylic acids is 1. The zero-order chi connectivity index (χ0) is 21.8. The fraction of sp³-hybridized carbons (Fsp3) is 0.292. The molecule has 0 spiro atoms. The maximum Gasteiger partial charge on any atom is 0.291 e. The summed E-state index contributed by atoms with van der Waals surface area (Å²) in [6, 6.07) is 12.8. The molecular formula is C24H26ClNO4. The van der Waals surface area contributed by atoms with E-state index >= 15 is 0 Å². The molecule has 30 heavy (non-hydrogen) atoms. The largest absolute Gasteiger partial charge is 0.495 e. The van der Waals surface area contributed by atoms with Gasteiger partial charge in [-0.05, 0) is 72.9 Å². The van der Waals surface area contributed by atoms with Crippen LogP contribution in [0.1, 0.15) is 52.8 Å². The number of aryl methyl sites for hydroxylation is 2. The van der Waals surface area contributed by atoms with Crippen LogP contribution in [-0.4, -0.2) is 13.0 Å². The molecule has 0 aliphatic rings. The van der Waals surface area contributed by atoms with Crippen molar-refractivity contribution in [2.75, 3.05) is 12.4 Å². The van der Waals surface area contributed by atoms with E-state index in [1.54, 1.807) is 19.2 Å². The molecule has 0 atom stereocenters. The number of carbonyl (C=O) groups is 1. The Morgan fingerprint density at radius 1 is 1.10 bits per heavy atom. The number of furan rings is 1. The third kappa shape index (κ3) is 4.97. The number of halogens is 1. The van der Waals surface area contributed by atoms with Gasteiger partial charge in [-0.25, -0.2) is 0 Å². The Hall–Kier alpha value is -2.92. The summed E-state index contributed by atoms with van der Waals surface area (Å²) in [4.78, 5) is 12.6. The van der Waals surface area contributed by atoms with Gasteiger partial charge >= 0.3 is 0 Å². The lowest BCUT2D eigenvalue weighted by Crippen LogP contribution is -2.12. The lowest BCUT2D eigenvalue weighted by atomic mass is 10.0. The SMILES string of the molecule is COc1ccc(C)cc1NC(=O)c1ccc(COc2cc(C)c(Cl)cc2C(C)C)o1. The Morgan fingerprint density at radius 3 is 2.57 bits per heavy atom. The van der Waals surface area contributed by atoms with Gasteiger partial charge in [0, 0.05) is 5.02 Å². The highest BCUT2D eigenvalue weighted by molar-refractivity contribution is 6.31. The fourth-order valence-electron chi connectivity index (χ4n) is 3.08. The van der Waals surface area contributed by atoms with Gasteiger partial charge in [-0.15, -0.1) is 0 Å². The summed E-state index contributed by atoms with van der Waals surface area (Å²) >= 11 is 6.26. The fourth-order valence-corrected chi connectivity index (χ4v) is 3.25. The van der Waals surface area contributed by atoms with Crippen LogP contribution in [0.3, 0.4) is 0 Å². The number of hydrogen-bond donors (Lipinski definition) is 1. The molecule has 3 rings (SSSR count). The van der Waals surface area contributed by atoms with Gasteiger partial charge in [0.25, 0.3) is 5.91 Å². The first-order valence-corrected chi connectivity index (χ1v) is 10.1. The zero-order valence-electron chi connectivity index (χ0n) is 17.8. The molecule has 5 nitrogen and oxygen atoms in total. The van der Waals surface area contributed by atoms with E-state index in [1.807, 2.05) is 44.2 Å². The molecule has 1 amide bonds. The summed E-state index contributed by atoms with van der Waals surface area (Å²) in [6.07, 6.45) is 0. The van der Waals surface area contributed by atoms with Crippen LogP contribution in [0.4, 0.5) is 5.69 Å². The van der Waals surface area contributed by atoms with Gasteiger partial charge in [-0.1, -0.05) is 31.5 Å². The Morgan fingerprint density at radius 2 is 1.87 bits per heavy atom. The van der Waals surface area contributed by atoms with Crippen LogP contribution < -0.4 is 14.8 Å². The second-order valence-electron chi connectivity index (χ2n) is 7.51. The maximum atomic E-state index is 12.6. The van der Waals surface area contributed by atoms with Crippen molar-refractivity contribution in [1.29, 1.82) is 0 Å². The Balaban J connectivity index is 1.71. The maximum absolute atomic E-state index is 12.6. The summed E-state index contributed by atoms with van der Waals surface area (Å²) in [5.41, 5.74) is 3.58. The highest BCUT2D eigenvalue weighted by atomic mass is 35.5. The van der Waals surface area contributed by atoms with Crippen molar-refractivity contribution in [2.45, 2.75) is 40.2 Å². The number of anilines is 1.